The first-order chi connectivity index (χ1) is 29.8. The summed E-state index contributed by atoms with van der Waals surface area (Å²) in [5.41, 5.74) is 10.6. The SMILES string of the molecule is CC.CC.CC.CC.CC.CC.CC1=CC=CC1C.CC1=CC=NC1C.CC1=CN=CC1C.CC1=NC=CC1C.CC1=Nc2cncnc2C1C.CC1=Nc2nccnc2C1C. The van der Waals surface area contributed by atoms with E-state index in [1.807, 2.05) is 135 Å². The molecule has 0 bridgehead atoms. The van der Waals surface area contributed by atoms with Gasteiger partial charge in [-0.3, -0.25) is 25.0 Å². The number of fused-ring (bicyclic) bond motifs is 2. The fourth-order valence-corrected chi connectivity index (χ4v) is 4.73. The van der Waals surface area contributed by atoms with Gasteiger partial charge in [0.05, 0.1) is 23.6 Å². The Hall–Kier alpha value is -4.79. The van der Waals surface area contributed by atoms with E-state index in [9.17, 15) is 0 Å². The quantitative estimate of drug-likeness (QED) is 0.262. The fourth-order valence-electron chi connectivity index (χ4n) is 4.73. The highest BCUT2D eigenvalue weighted by molar-refractivity contribution is 5.95. The molecule has 6 aliphatic rings. The van der Waals surface area contributed by atoms with E-state index in [-0.39, 0.29) is 0 Å². The van der Waals surface area contributed by atoms with E-state index in [1.54, 1.807) is 24.9 Å². The maximum atomic E-state index is 4.32. The number of allylic oxidation sites excluding steroid dienone is 7. The van der Waals surface area contributed by atoms with E-state index in [2.05, 4.69) is 132 Å². The number of hydrogen-bond acceptors (Lipinski definition) is 9. The summed E-state index contributed by atoms with van der Waals surface area (Å²) in [6.07, 6.45) is 24.9. The summed E-state index contributed by atoms with van der Waals surface area (Å²) in [5.74, 6) is 3.36. The first-order valence-electron chi connectivity index (χ1n) is 23.5. The van der Waals surface area contributed by atoms with Gasteiger partial charge in [0.25, 0.3) is 0 Å². The molecule has 62 heavy (non-hydrogen) atoms. The van der Waals surface area contributed by atoms with Crippen molar-refractivity contribution in [3.05, 3.63) is 95.8 Å². The van der Waals surface area contributed by atoms with Crippen LogP contribution in [-0.4, -0.2) is 55.5 Å². The molecule has 0 saturated heterocycles. The third kappa shape index (κ3) is 24.6. The van der Waals surface area contributed by atoms with Gasteiger partial charge in [0.15, 0.2) is 5.82 Å². The minimum Gasteiger partial charge on any atom is -0.286 e. The Morgan fingerprint density at radius 1 is 0.516 bits per heavy atom. The monoisotopic (exact) mass is 854 g/mol. The summed E-state index contributed by atoms with van der Waals surface area (Å²) < 4.78 is 0. The Labute approximate surface area is 382 Å². The molecule has 0 aromatic carbocycles. The molecule has 0 fully saturated rings. The average Bonchev–Trinajstić information content (AvgIpc) is 4.19. The Morgan fingerprint density at radius 3 is 1.40 bits per heavy atom. The molecule has 9 nitrogen and oxygen atoms in total. The lowest BCUT2D eigenvalue weighted by molar-refractivity contribution is 0.882. The van der Waals surface area contributed by atoms with Crippen molar-refractivity contribution in [1.82, 2.24) is 19.9 Å². The lowest BCUT2D eigenvalue weighted by atomic mass is 10.1. The highest BCUT2D eigenvalue weighted by Crippen LogP contribution is 2.32. The second-order valence-electron chi connectivity index (χ2n) is 13.3. The van der Waals surface area contributed by atoms with Crippen LogP contribution in [0.1, 0.15) is 189 Å². The number of hydrogen-bond donors (Lipinski definition) is 0. The maximum absolute atomic E-state index is 4.32. The predicted octanol–water partition coefficient (Wildman–Crippen LogP) is 16.3. The molecule has 7 heterocycles. The van der Waals surface area contributed by atoms with Crippen LogP contribution in [-0.2, 0) is 0 Å². The molecule has 6 unspecified atom stereocenters. The molecular formula is C53H91N9. The largest absolute Gasteiger partial charge is 0.286 e. The molecular weight excluding hydrogens is 763 g/mol. The molecule has 1 aliphatic carbocycles. The molecule has 2 aromatic rings. The van der Waals surface area contributed by atoms with Crippen molar-refractivity contribution in [2.75, 3.05) is 0 Å². The van der Waals surface area contributed by atoms with Gasteiger partial charge >= 0.3 is 0 Å². The van der Waals surface area contributed by atoms with Crippen LogP contribution in [0.4, 0.5) is 11.5 Å². The van der Waals surface area contributed by atoms with E-state index in [1.165, 1.54) is 22.4 Å². The van der Waals surface area contributed by atoms with Crippen LogP contribution in [0.2, 0.25) is 0 Å². The molecule has 8 rings (SSSR count). The second kappa shape index (κ2) is 40.3. The van der Waals surface area contributed by atoms with Crippen molar-refractivity contribution in [3.63, 3.8) is 0 Å². The standard InChI is InChI=1S/2C8H9N3.C7H10.3C6H9N.6C2H6/c1-5-6(2)11-7-3-9-4-10-8(5)7;1-5-6(2)11-8-7(5)9-3-4-10-8;1-6-4-3-5-7(6)2;1-5-3-7-4-6(5)2;2*1-5-3-4-7-6(5)2;6*1-2/h2*3-5H,1-2H3;3-6H,1-2H3;3-5H,1-2H3;3-4,6H,1-2H3;3-5H,1-2H3;6*1-2H3. The molecule has 0 amide bonds. The molecule has 9 heteroatoms. The van der Waals surface area contributed by atoms with Gasteiger partial charge in [-0.05, 0) is 71.6 Å². The fraction of sp³-hybridized carbons (Fsp3) is 0.566. The molecule has 0 radical (unpaired) electrons. The van der Waals surface area contributed by atoms with Crippen molar-refractivity contribution < 1.29 is 0 Å². The normalized spacial score (nSPS) is 20.9. The van der Waals surface area contributed by atoms with E-state index >= 15 is 0 Å². The zero-order chi connectivity index (χ0) is 48.8. The number of aliphatic imine (C=N–C) groups is 5. The number of nitrogens with zero attached hydrogens (tertiary/aromatic N) is 9. The molecule has 2 aromatic heterocycles. The number of aromatic nitrogens is 4. The number of rotatable bonds is 0. The van der Waals surface area contributed by atoms with Gasteiger partial charge in [0, 0.05) is 78.0 Å². The molecule has 6 atom stereocenters. The Kier molecular flexibility index (Phi) is 41.5. The Morgan fingerprint density at radius 2 is 1.08 bits per heavy atom. The second-order valence-corrected chi connectivity index (χ2v) is 13.3. The maximum Gasteiger partial charge on any atom is 0.174 e. The van der Waals surface area contributed by atoms with E-state index in [4.69, 9.17) is 0 Å². The van der Waals surface area contributed by atoms with Crippen LogP contribution in [0.15, 0.2) is 109 Å². The van der Waals surface area contributed by atoms with Crippen molar-refractivity contribution >= 4 is 41.1 Å². The molecule has 348 valence electrons. The van der Waals surface area contributed by atoms with Crippen LogP contribution in [0.3, 0.4) is 0 Å². The van der Waals surface area contributed by atoms with Gasteiger partial charge in [-0.1, -0.05) is 148 Å². The summed E-state index contributed by atoms with van der Waals surface area (Å²) >= 11 is 0. The molecule has 0 N–H and O–H groups in total. The van der Waals surface area contributed by atoms with Crippen LogP contribution < -0.4 is 0 Å². The third-order valence-corrected chi connectivity index (χ3v) is 9.48. The van der Waals surface area contributed by atoms with Gasteiger partial charge in [-0.15, -0.1) is 0 Å². The highest BCUT2D eigenvalue weighted by atomic mass is 15.0. The first kappa shape index (κ1) is 63.8. The van der Waals surface area contributed by atoms with Crippen LogP contribution in [0, 0.1) is 17.8 Å². The van der Waals surface area contributed by atoms with Crippen LogP contribution >= 0.6 is 0 Å². The van der Waals surface area contributed by atoms with Crippen LogP contribution in [0.25, 0.3) is 0 Å². The summed E-state index contributed by atoms with van der Waals surface area (Å²) in [6.45, 7) is 49.2. The molecule has 5 aliphatic heterocycles. The predicted molar refractivity (Wildman–Crippen MR) is 281 cm³/mol. The summed E-state index contributed by atoms with van der Waals surface area (Å²) in [4.78, 5) is 37.1. The zero-order valence-corrected chi connectivity index (χ0v) is 44.0. The average molecular weight is 854 g/mol. The van der Waals surface area contributed by atoms with Gasteiger partial charge in [0.1, 0.15) is 12.0 Å². The Bertz CT molecular complexity index is 1580. The van der Waals surface area contributed by atoms with Gasteiger partial charge in [-0.25, -0.2) is 19.9 Å². The molecule has 0 saturated carbocycles. The van der Waals surface area contributed by atoms with Crippen molar-refractivity contribution in [1.29, 1.82) is 0 Å². The van der Waals surface area contributed by atoms with Crippen molar-refractivity contribution in [2.45, 2.75) is 184 Å². The third-order valence-electron chi connectivity index (χ3n) is 9.48. The lowest BCUT2D eigenvalue weighted by Gasteiger charge is -2.00. The van der Waals surface area contributed by atoms with Crippen molar-refractivity contribution in [2.24, 2.45) is 42.7 Å². The first-order valence-corrected chi connectivity index (χ1v) is 23.5. The summed E-state index contributed by atoms with van der Waals surface area (Å²) in [7, 11) is 0. The van der Waals surface area contributed by atoms with Gasteiger partial charge in [0.2, 0.25) is 0 Å². The van der Waals surface area contributed by atoms with E-state index in [0.29, 0.717) is 35.6 Å². The van der Waals surface area contributed by atoms with Gasteiger partial charge in [-0.2, -0.15) is 0 Å². The summed E-state index contributed by atoms with van der Waals surface area (Å²) in [6, 6.07) is 0.444. The topological polar surface area (TPSA) is 113 Å². The van der Waals surface area contributed by atoms with Gasteiger partial charge < -0.3 is 0 Å². The van der Waals surface area contributed by atoms with E-state index in [0.717, 1.165) is 34.3 Å². The minimum absolute atomic E-state index is 0.346. The van der Waals surface area contributed by atoms with E-state index < -0.39 is 0 Å². The highest BCUT2D eigenvalue weighted by Gasteiger charge is 2.22. The van der Waals surface area contributed by atoms with Crippen LogP contribution in [0.5, 0.6) is 0 Å². The Balaban J connectivity index is -0.000000313. The zero-order valence-electron chi connectivity index (χ0n) is 44.0. The molecule has 0 spiro atoms. The van der Waals surface area contributed by atoms with Crippen molar-refractivity contribution in [3.8, 4) is 0 Å². The minimum atomic E-state index is 0.346. The smallest absolute Gasteiger partial charge is 0.174 e. The summed E-state index contributed by atoms with van der Waals surface area (Å²) in [5, 5.41) is 0. The lowest BCUT2D eigenvalue weighted by Crippen LogP contribution is -2.00.